The van der Waals surface area contributed by atoms with Crippen molar-refractivity contribution in [3.05, 3.63) is 28.7 Å². The van der Waals surface area contributed by atoms with E-state index in [4.69, 9.17) is 5.73 Å². The molecule has 0 radical (unpaired) electrons. The number of phenols is 1. The van der Waals surface area contributed by atoms with E-state index in [1.165, 1.54) is 16.1 Å². The number of aromatic hydroxyl groups is 1. The summed E-state index contributed by atoms with van der Waals surface area (Å²) >= 11 is 0. The third-order valence-corrected chi connectivity index (χ3v) is 3.94. The number of hydrazine groups is 2. The van der Waals surface area contributed by atoms with Gasteiger partial charge in [-0.3, -0.25) is 4.79 Å². The number of amides is 1. The van der Waals surface area contributed by atoms with Crippen LogP contribution >= 0.6 is 0 Å². The van der Waals surface area contributed by atoms with Crippen LogP contribution in [0.25, 0.3) is 0 Å². The Bertz CT molecular complexity index is 575. The molecular weight excluding hydrogens is 272 g/mol. The highest BCUT2D eigenvalue weighted by Crippen LogP contribution is 2.39. The first-order chi connectivity index (χ1) is 9.92. The lowest BCUT2D eigenvalue weighted by molar-refractivity contribution is -0.826. The minimum atomic E-state index is -0.511. The first kappa shape index (κ1) is 15.1. The van der Waals surface area contributed by atoms with Gasteiger partial charge in [-0.2, -0.15) is 0 Å². The third kappa shape index (κ3) is 2.39. The third-order valence-electron chi connectivity index (χ3n) is 3.94. The number of carbonyl (C=O) groups excluding carboxylic acids is 1. The molecule has 3 N–H and O–H groups in total. The topological polar surface area (TPSA) is 89.9 Å². The normalized spacial score (nSPS) is 22.8. The van der Waals surface area contributed by atoms with E-state index in [2.05, 4.69) is 0 Å². The van der Waals surface area contributed by atoms with Gasteiger partial charge in [0, 0.05) is 17.3 Å². The van der Waals surface area contributed by atoms with Crippen molar-refractivity contribution >= 4 is 11.6 Å². The molecule has 0 bridgehead atoms. The van der Waals surface area contributed by atoms with Crippen molar-refractivity contribution in [2.75, 3.05) is 19.3 Å². The Hall–Kier alpha value is -2.31. The number of carbonyl (C=O) groups is 1. The fraction of sp³-hybridized carbons (Fsp3) is 0.500. The molecule has 1 aliphatic heterocycles. The number of rotatable bonds is 3. The van der Waals surface area contributed by atoms with E-state index in [0.717, 1.165) is 0 Å². The molecular formula is C14H21N4O3+. The minimum absolute atomic E-state index is 0.00329. The monoisotopic (exact) mass is 293 g/mol. The van der Waals surface area contributed by atoms with Crippen molar-refractivity contribution < 1.29 is 14.9 Å². The molecule has 7 nitrogen and oxygen atoms in total. The number of nitrogen functional groups attached to an aromatic ring is 1. The highest BCUT2D eigenvalue weighted by Gasteiger charge is 2.51. The first-order valence-electron chi connectivity index (χ1n) is 7.02. The van der Waals surface area contributed by atoms with Crippen molar-refractivity contribution in [3.8, 4) is 5.75 Å². The number of nitrogens with zero attached hydrogens (tertiary/aromatic N) is 3. The molecule has 1 fully saturated rings. The number of nitroso groups, excluding NO2 is 1. The van der Waals surface area contributed by atoms with Crippen LogP contribution in [0, 0.1) is 10.8 Å². The van der Waals surface area contributed by atoms with Crippen molar-refractivity contribution in [1.82, 2.24) is 10.0 Å². The van der Waals surface area contributed by atoms with E-state index in [-0.39, 0.29) is 11.7 Å². The molecule has 114 valence electrons. The average molecular weight is 293 g/mol. The maximum absolute atomic E-state index is 12.5. The van der Waals surface area contributed by atoms with Gasteiger partial charge >= 0.3 is 0 Å². The molecule has 2 atom stereocenters. The van der Waals surface area contributed by atoms with Gasteiger partial charge in [-0.25, -0.2) is 0 Å². The van der Waals surface area contributed by atoms with Gasteiger partial charge in [0.2, 0.25) is 0 Å². The maximum atomic E-state index is 12.5. The van der Waals surface area contributed by atoms with Gasteiger partial charge in [-0.15, -0.1) is 5.01 Å². The quantitative estimate of drug-likeness (QED) is 0.650. The van der Waals surface area contributed by atoms with E-state index in [0.29, 0.717) is 29.2 Å². The zero-order valence-electron chi connectivity index (χ0n) is 12.5. The lowest BCUT2D eigenvalue weighted by Gasteiger charge is -2.35. The lowest BCUT2D eigenvalue weighted by atomic mass is 9.88. The summed E-state index contributed by atoms with van der Waals surface area (Å²) in [6.07, 6.45) is 0.571. The van der Waals surface area contributed by atoms with Crippen LogP contribution in [0.4, 0.5) is 5.69 Å². The maximum Gasteiger partial charge on any atom is 0.290 e. The van der Waals surface area contributed by atoms with Gasteiger partial charge in [-0.1, -0.05) is 13.0 Å². The van der Waals surface area contributed by atoms with Crippen molar-refractivity contribution in [3.63, 3.8) is 0 Å². The van der Waals surface area contributed by atoms with Gasteiger partial charge in [0.05, 0.1) is 24.4 Å². The summed E-state index contributed by atoms with van der Waals surface area (Å²) in [7, 11) is 1.62. The molecule has 7 heteroatoms. The molecule has 1 aromatic carbocycles. The van der Waals surface area contributed by atoms with Gasteiger partial charge in [0.25, 0.3) is 10.9 Å². The largest absolute Gasteiger partial charge is 0.508 e. The van der Waals surface area contributed by atoms with Crippen LogP contribution in [0.15, 0.2) is 18.2 Å². The molecule has 0 aliphatic carbocycles. The predicted molar refractivity (Wildman–Crippen MR) is 77.8 cm³/mol. The second-order valence-corrected chi connectivity index (χ2v) is 5.16. The Morgan fingerprint density at radius 1 is 1.38 bits per heavy atom. The van der Waals surface area contributed by atoms with E-state index in [1.807, 2.05) is 6.92 Å². The van der Waals surface area contributed by atoms with E-state index in [1.54, 1.807) is 26.1 Å². The fourth-order valence-electron chi connectivity index (χ4n) is 2.85. The number of anilines is 1. The molecule has 2 rings (SSSR count). The van der Waals surface area contributed by atoms with Gasteiger partial charge < -0.3 is 10.8 Å². The van der Waals surface area contributed by atoms with Crippen LogP contribution < -0.4 is 5.73 Å². The SMILES string of the molecule is CCC1C(=O)N(CC)[N+](=O)N(C)C1c1ccc(N)cc1O. The molecule has 1 aromatic rings. The molecule has 0 saturated carbocycles. The molecule has 1 aliphatic rings. The molecule has 2 unspecified atom stereocenters. The zero-order valence-corrected chi connectivity index (χ0v) is 12.5. The Balaban J connectivity index is 2.49. The zero-order chi connectivity index (χ0) is 15.7. The predicted octanol–water partition coefficient (Wildman–Crippen LogP) is 1.44. The average Bonchev–Trinajstić information content (AvgIpc) is 2.44. The number of benzene rings is 1. The number of hydrogen-bond donors (Lipinski definition) is 2. The van der Waals surface area contributed by atoms with Crippen LogP contribution in [0.1, 0.15) is 31.9 Å². The summed E-state index contributed by atoms with van der Waals surface area (Å²) < 4.78 is 0. The Morgan fingerprint density at radius 3 is 2.57 bits per heavy atom. The van der Waals surface area contributed by atoms with Crippen LogP contribution in [-0.4, -0.2) is 39.6 Å². The summed E-state index contributed by atoms with van der Waals surface area (Å²) in [4.78, 5) is 25.3. The van der Waals surface area contributed by atoms with Crippen LogP contribution in [0.3, 0.4) is 0 Å². The summed E-state index contributed by atoms with van der Waals surface area (Å²) in [6, 6.07) is 4.24. The summed E-state index contributed by atoms with van der Waals surface area (Å²) in [5.74, 6) is -0.625. The Morgan fingerprint density at radius 2 is 2.05 bits per heavy atom. The Kier molecular flexibility index (Phi) is 4.02. The second kappa shape index (κ2) is 5.59. The highest BCUT2D eigenvalue weighted by molar-refractivity contribution is 5.79. The number of hydrogen-bond acceptors (Lipinski definition) is 4. The second-order valence-electron chi connectivity index (χ2n) is 5.16. The van der Waals surface area contributed by atoms with Crippen LogP contribution in [0.2, 0.25) is 0 Å². The smallest absolute Gasteiger partial charge is 0.290 e. The van der Waals surface area contributed by atoms with Gasteiger partial charge in [0.15, 0.2) is 0 Å². The molecule has 0 aromatic heterocycles. The Labute approximate surface area is 123 Å². The van der Waals surface area contributed by atoms with E-state index < -0.39 is 12.0 Å². The highest BCUT2D eigenvalue weighted by atomic mass is 16.4. The molecule has 1 heterocycles. The van der Waals surface area contributed by atoms with E-state index >= 15 is 0 Å². The van der Waals surface area contributed by atoms with Gasteiger partial charge in [0.1, 0.15) is 11.8 Å². The van der Waals surface area contributed by atoms with Crippen molar-refractivity contribution in [1.29, 1.82) is 0 Å². The summed E-state index contributed by atoms with van der Waals surface area (Å²) in [5, 5.41) is 12.7. The summed E-state index contributed by atoms with van der Waals surface area (Å²) in [6.45, 7) is 3.96. The first-order valence-corrected chi connectivity index (χ1v) is 7.02. The van der Waals surface area contributed by atoms with Crippen LogP contribution in [-0.2, 0) is 4.79 Å². The standard InChI is InChI=1S/C14H20N4O3/c1-4-10-13(11-7-6-9(15)8-12(11)19)16(3)18(21)17(5-2)14(10)20/h6-8,10,13H,4-5,15H2,1-3H3/p+1. The van der Waals surface area contributed by atoms with Crippen LogP contribution in [0.5, 0.6) is 5.75 Å². The molecule has 21 heavy (non-hydrogen) atoms. The van der Waals surface area contributed by atoms with Crippen molar-refractivity contribution in [2.24, 2.45) is 5.92 Å². The van der Waals surface area contributed by atoms with Gasteiger partial charge in [-0.05, 0) is 24.4 Å². The van der Waals surface area contributed by atoms with Crippen molar-refractivity contribution in [2.45, 2.75) is 26.3 Å². The summed E-state index contributed by atoms with van der Waals surface area (Å²) in [5.41, 5.74) is 6.60. The lowest BCUT2D eigenvalue weighted by Crippen LogP contribution is -2.57. The minimum Gasteiger partial charge on any atom is -0.508 e. The fourth-order valence-corrected chi connectivity index (χ4v) is 2.85. The molecule has 1 saturated heterocycles. The van der Waals surface area contributed by atoms with E-state index in [9.17, 15) is 14.8 Å². The molecule has 0 spiro atoms. The number of nitrogens with two attached hydrogens (primary N) is 1. The number of phenolic OH excluding ortho intramolecular Hbond substituents is 1. The molecule has 1 amide bonds.